The van der Waals surface area contributed by atoms with Crippen LogP contribution in [0.3, 0.4) is 0 Å². The Morgan fingerprint density at radius 2 is 1.31 bits per heavy atom. The molecule has 0 unspecified atom stereocenters. The van der Waals surface area contributed by atoms with Crippen molar-refractivity contribution in [1.29, 1.82) is 0 Å². The van der Waals surface area contributed by atoms with Gasteiger partial charge in [0.25, 0.3) is 0 Å². The van der Waals surface area contributed by atoms with Gasteiger partial charge in [-0.25, -0.2) is 0 Å². The lowest BCUT2D eigenvalue weighted by Crippen LogP contribution is -2.45. The van der Waals surface area contributed by atoms with E-state index in [2.05, 4.69) is 46.4 Å². The summed E-state index contributed by atoms with van der Waals surface area (Å²) < 4.78 is 11.1. The van der Waals surface area contributed by atoms with Crippen LogP contribution in [0.25, 0.3) is 0 Å². The van der Waals surface area contributed by atoms with E-state index in [0.29, 0.717) is 44.4 Å². The molecular formula is C29H57NO5. The number of hydrogen-bond donors (Lipinski definition) is 1. The van der Waals surface area contributed by atoms with Crippen LogP contribution in [0.15, 0.2) is 0 Å². The summed E-state index contributed by atoms with van der Waals surface area (Å²) in [7, 11) is 0. The quantitative estimate of drug-likeness (QED) is 0.208. The van der Waals surface area contributed by atoms with Gasteiger partial charge in [0.05, 0.1) is 19.6 Å². The Hall–Kier alpha value is -1.14. The number of aliphatic hydroxyl groups excluding tert-OH is 1. The maximum Gasteiger partial charge on any atom is 0.307 e. The Morgan fingerprint density at radius 1 is 0.829 bits per heavy atom. The predicted molar refractivity (Wildman–Crippen MR) is 144 cm³/mol. The minimum Gasteiger partial charge on any atom is -0.465 e. The van der Waals surface area contributed by atoms with Crippen molar-refractivity contribution in [2.45, 2.75) is 125 Å². The van der Waals surface area contributed by atoms with Crippen LogP contribution in [0.5, 0.6) is 0 Å². The normalized spacial score (nSPS) is 18.6. The van der Waals surface area contributed by atoms with Crippen molar-refractivity contribution in [3.63, 3.8) is 0 Å². The predicted octanol–water partition coefficient (Wildman–Crippen LogP) is 6.38. The molecule has 35 heavy (non-hydrogen) atoms. The molecule has 1 saturated carbocycles. The maximum atomic E-state index is 12.4. The maximum absolute atomic E-state index is 12.4. The summed E-state index contributed by atoms with van der Waals surface area (Å²) in [5.74, 6) is 0.635. The summed E-state index contributed by atoms with van der Waals surface area (Å²) in [6.45, 7) is 19.8. The molecule has 1 rings (SSSR count). The van der Waals surface area contributed by atoms with E-state index in [1.54, 1.807) is 0 Å². The Labute approximate surface area is 216 Å². The zero-order valence-electron chi connectivity index (χ0n) is 24.3. The first-order valence-electron chi connectivity index (χ1n) is 14.1. The second kappa shape index (κ2) is 18.2. The van der Waals surface area contributed by atoms with Gasteiger partial charge in [-0.3, -0.25) is 14.5 Å². The zero-order chi connectivity index (χ0) is 26.9. The Kier molecular flexibility index (Phi) is 17.6. The largest absolute Gasteiger partial charge is 0.465 e. The van der Waals surface area contributed by atoms with Crippen molar-refractivity contribution in [3.8, 4) is 0 Å². The first-order chi connectivity index (χ1) is 16.5. The minimum absolute atomic E-state index is 0.0321. The summed E-state index contributed by atoms with van der Waals surface area (Å²) >= 11 is 0. The van der Waals surface area contributed by atoms with E-state index in [9.17, 15) is 9.59 Å². The van der Waals surface area contributed by atoms with Gasteiger partial charge in [0.2, 0.25) is 0 Å². The molecule has 0 radical (unpaired) electrons. The van der Waals surface area contributed by atoms with Gasteiger partial charge in [0, 0.05) is 25.1 Å². The zero-order valence-corrected chi connectivity index (χ0v) is 24.3. The smallest absolute Gasteiger partial charge is 0.307 e. The monoisotopic (exact) mass is 499 g/mol. The number of carbonyl (C=O) groups is 2. The molecule has 1 N–H and O–H groups in total. The van der Waals surface area contributed by atoms with Crippen LogP contribution in [0.4, 0.5) is 0 Å². The first kappa shape index (κ1) is 33.9. The molecule has 0 aromatic carbocycles. The highest BCUT2D eigenvalue weighted by atomic mass is 16.5. The molecule has 1 aliphatic carbocycles. The molecule has 0 spiro atoms. The molecule has 1 fully saturated rings. The number of unbranched alkanes of at least 4 members (excludes halogenated alkanes) is 1. The molecule has 0 saturated heterocycles. The van der Waals surface area contributed by atoms with Crippen molar-refractivity contribution in [3.05, 3.63) is 0 Å². The Bertz CT molecular complexity index is 562. The van der Waals surface area contributed by atoms with E-state index in [-0.39, 0.29) is 29.5 Å². The topological polar surface area (TPSA) is 76.1 Å². The molecule has 6 nitrogen and oxygen atoms in total. The highest BCUT2D eigenvalue weighted by Gasteiger charge is 2.26. The number of rotatable bonds is 15. The lowest BCUT2D eigenvalue weighted by molar-refractivity contribution is -0.148. The van der Waals surface area contributed by atoms with E-state index in [0.717, 1.165) is 57.9 Å². The van der Waals surface area contributed by atoms with Crippen molar-refractivity contribution >= 4 is 11.9 Å². The van der Waals surface area contributed by atoms with E-state index < -0.39 is 0 Å². The third-order valence-electron chi connectivity index (χ3n) is 7.15. The summed E-state index contributed by atoms with van der Waals surface area (Å²) in [4.78, 5) is 26.7. The first-order valence-corrected chi connectivity index (χ1v) is 14.1. The van der Waals surface area contributed by atoms with E-state index in [1.165, 1.54) is 0 Å². The third-order valence-corrected chi connectivity index (χ3v) is 7.15. The highest BCUT2D eigenvalue weighted by molar-refractivity contribution is 5.69. The molecule has 0 amide bonds. The number of esters is 2. The van der Waals surface area contributed by atoms with Crippen LogP contribution in [-0.2, 0) is 19.1 Å². The van der Waals surface area contributed by atoms with Gasteiger partial charge in [-0.15, -0.1) is 0 Å². The number of ether oxygens (including phenoxy) is 2. The number of aliphatic hydroxyl groups is 1. The second-order valence-electron chi connectivity index (χ2n) is 11.6. The summed E-state index contributed by atoms with van der Waals surface area (Å²) in [6, 6.07) is 0. The van der Waals surface area contributed by atoms with Crippen LogP contribution < -0.4 is 0 Å². The average Bonchev–Trinajstić information content (AvgIpc) is 2.83. The molecule has 0 heterocycles. The fraction of sp³-hybridized carbons (Fsp3) is 0.931. The molecule has 0 atom stereocenters. The molecule has 0 aromatic heterocycles. The van der Waals surface area contributed by atoms with Gasteiger partial charge in [-0.1, -0.05) is 41.5 Å². The van der Waals surface area contributed by atoms with Crippen molar-refractivity contribution in [1.82, 2.24) is 4.90 Å². The van der Waals surface area contributed by atoms with Crippen LogP contribution in [-0.4, -0.2) is 60.4 Å². The van der Waals surface area contributed by atoms with Gasteiger partial charge in [-0.2, -0.15) is 0 Å². The van der Waals surface area contributed by atoms with Crippen LogP contribution in [0, 0.1) is 17.3 Å². The molecular weight excluding hydrogens is 442 g/mol. The fourth-order valence-electron chi connectivity index (χ4n) is 4.19. The summed E-state index contributed by atoms with van der Waals surface area (Å²) in [5, 5.41) is 9.06. The molecule has 208 valence electrons. The number of carbonyl (C=O) groups excluding carboxylic acids is 2. The molecule has 0 aliphatic heterocycles. The van der Waals surface area contributed by atoms with Gasteiger partial charge in [0.15, 0.2) is 0 Å². The van der Waals surface area contributed by atoms with E-state index >= 15 is 0 Å². The van der Waals surface area contributed by atoms with Crippen molar-refractivity contribution in [2.75, 3.05) is 32.9 Å². The van der Waals surface area contributed by atoms with Crippen molar-refractivity contribution in [2.24, 2.45) is 17.3 Å². The van der Waals surface area contributed by atoms with Gasteiger partial charge in [0.1, 0.15) is 0 Å². The molecule has 0 aromatic rings. The standard InChI is InChI=1S/C27H51NO5.C2H6/c1-7-27(5,6)28(17-8-9-19-29)18-15-25(31)33-21-23-12-10-22(11-13-23)20-32-24(30)14-16-26(2,3)4;1-2/h22-23,29H,7-21H2,1-6H3;1-2H3. The Morgan fingerprint density at radius 3 is 1.74 bits per heavy atom. The van der Waals surface area contributed by atoms with Crippen LogP contribution in [0.1, 0.15) is 120 Å². The Balaban J connectivity index is 0.00000562. The van der Waals surface area contributed by atoms with E-state index in [1.807, 2.05) is 13.8 Å². The van der Waals surface area contributed by atoms with Crippen molar-refractivity contribution < 1.29 is 24.2 Å². The highest BCUT2D eigenvalue weighted by Crippen LogP contribution is 2.30. The van der Waals surface area contributed by atoms with Gasteiger partial charge in [-0.05, 0) is 89.0 Å². The average molecular weight is 500 g/mol. The summed E-state index contributed by atoms with van der Waals surface area (Å²) in [5.41, 5.74) is 0.184. The molecule has 0 bridgehead atoms. The fourth-order valence-corrected chi connectivity index (χ4v) is 4.19. The van der Waals surface area contributed by atoms with Gasteiger partial charge >= 0.3 is 11.9 Å². The van der Waals surface area contributed by atoms with Crippen LogP contribution >= 0.6 is 0 Å². The van der Waals surface area contributed by atoms with Crippen LogP contribution in [0.2, 0.25) is 0 Å². The lowest BCUT2D eigenvalue weighted by atomic mass is 9.83. The number of nitrogens with zero attached hydrogens (tertiary/aromatic N) is 1. The molecule has 1 aliphatic rings. The third kappa shape index (κ3) is 16.3. The minimum atomic E-state index is -0.121. The SMILES string of the molecule is CC.CCC(C)(C)N(CCCCO)CCC(=O)OCC1CCC(COC(=O)CCC(C)(C)C)CC1. The van der Waals surface area contributed by atoms with E-state index in [4.69, 9.17) is 14.6 Å². The lowest BCUT2D eigenvalue weighted by Gasteiger charge is -2.38. The van der Waals surface area contributed by atoms with Gasteiger partial charge < -0.3 is 14.6 Å². The second-order valence-corrected chi connectivity index (χ2v) is 11.6. The number of hydrogen-bond acceptors (Lipinski definition) is 6. The summed E-state index contributed by atoms with van der Waals surface area (Å²) in [6.07, 6.45) is 8.57. The molecule has 6 heteroatoms.